The summed E-state index contributed by atoms with van der Waals surface area (Å²) in [5.74, 6) is -0.000185. The molecule has 0 aliphatic rings. The molecule has 0 aromatic rings. The number of amides is 1. The molecule has 0 bridgehead atoms. The van der Waals surface area contributed by atoms with Crippen LogP contribution >= 0.6 is 0 Å². The van der Waals surface area contributed by atoms with Crippen LogP contribution in [0.3, 0.4) is 0 Å². The topological polar surface area (TPSA) is 46.3 Å². The first-order valence-electron chi connectivity index (χ1n) is 5.08. The molecule has 0 rings (SSSR count). The Labute approximate surface area is 87.0 Å². The molecular weight excluding hydrogens is 176 g/mol. The van der Waals surface area contributed by atoms with Gasteiger partial charge in [-0.3, -0.25) is 4.79 Å². The third-order valence-corrected chi connectivity index (χ3v) is 2.33. The van der Waals surface area contributed by atoms with Crippen molar-refractivity contribution in [1.82, 2.24) is 4.90 Å². The normalized spacial score (nSPS) is 14.6. The summed E-state index contributed by atoms with van der Waals surface area (Å²) >= 11 is 0. The van der Waals surface area contributed by atoms with E-state index in [1.807, 2.05) is 27.7 Å². The van der Waals surface area contributed by atoms with E-state index in [2.05, 4.69) is 6.58 Å². The SMILES string of the molecule is C=C(C)CN(CC)C(=O)C(C)C(C)N. The van der Waals surface area contributed by atoms with Gasteiger partial charge < -0.3 is 10.6 Å². The van der Waals surface area contributed by atoms with Gasteiger partial charge in [0.05, 0.1) is 5.92 Å². The minimum atomic E-state index is -0.116. The van der Waals surface area contributed by atoms with Crippen molar-refractivity contribution in [3.8, 4) is 0 Å². The van der Waals surface area contributed by atoms with Gasteiger partial charge in [0.1, 0.15) is 0 Å². The van der Waals surface area contributed by atoms with Gasteiger partial charge in [0.25, 0.3) is 0 Å². The Bertz CT molecular complexity index is 211. The Hall–Kier alpha value is -0.830. The molecule has 3 nitrogen and oxygen atoms in total. The van der Waals surface area contributed by atoms with Crippen molar-refractivity contribution in [2.45, 2.75) is 33.7 Å². The predicted octanol–water partition coefficient (Wildman–Crippen LogP) is 1.39. The molecule has 0 aromatic carbocycles. The number of nitrogens with two attached hydrogens (primary N) is 1. The number of hydrogen-bond acceptors (Lipinski definition) is 2. The van der Waals surface area contributed by atoms with E-state index >= 15 is 0 Å². The number of hydrogen-bond donors (Lipinski definition) is 1. The lowest BCUT2D eigenvalue weighted by atomic mass is 10.0. The summed E-state index contributed by atoms with van der Waals surface area (Å²) in [6, 6.07) is -0.0957. The molecular formula is C11H22N2O. The van der Waals surface area contributed by atoms with Gasteiger partial charge in [0.15, 0.2) is 0 Å². The predicted molar refractivity (Wildman–Crippen MR) is 59.9 cm³/mol. The maximum Gasteiger partial charge on any atom is 0.227 e. The second-order valence-corrected chi connectivity index (χ2v) is 3.96. The molecule has 0 saturated heterocycles. The lowest BCUT2D eigenvalue weighted by Crippen LogP contribution is -2.42. The van der Waals surface area contributed by atoms with E-state index in [0.29, 0.717) is 13.1 Å². The Kier molecular flexibility index (Phi) is 5.46. The van der Waals surface area contributed by atoms with E-state index in [1.54, 1.807) is 4.90 Å². The van der Waals surface area contributed by atoms with Gasteiger partial charge in [-0.05, 0) is 20.8 Å². The summed E-state index contributed by atoms with van der Waals surface area (Å²) in [6.07, 6.45) is 0. The number of nitrogens with zero attached hydrogens (tertiary/aromatic N) is 1. The van der Waals surface area contributed by atoms with Crippen LogP contribution in [-0.4, -0.2) is 29.9 Å². The molecule has 2 N–H and O–H groups in total. The van der Waals surface area contributed by atoms with Gasteiger partial charge >= 0.3 is 0 Å². The van der Waals surface area contributed by atoms with Crippen molar-refractivity contribution < 1.29 is 4.79 Å². The van der Waals surface area contributed by atoms with Crippen molar-refractivity contribution in [3.05, 3.63) is 12.2 Å². The highest BCUT2D eigenvalue weighted by atomic mass is 16.2. The molecule has 2 atom stereocenters. The number of carbonyl (C=O) groups excluding carboxylic acids is 1. The molecule has 3 heteroatoms. The summed E-state index contributed by atoms with van der Waals surface area (Å²) in [5, 5.41) is 0. The number of likely N-dealkylation sites (N-methyl/N-ethyl adjacent to an activating group) is 1. The van der Waals surface area contributed by atoms with Gasteiger partial charge in [0, 0.05) is 19.1 Å². The smallest absolute Gasteiger partial charge is 0.227 e. The Balaban J connectivity index is 4.38. The van der Waals surface area contributed by atoms with Gasteiger partial charge in [-0.2, -0.15) is 0 Å². The minimum Gasteiger partial charge on any atom is -0.339 e. The molecule has 0 heterocycles. The Morgan fingerprint density at radius 1 is 1.50 bits per heavy atom. The van der Waals surface area contributed by atoms with Crippen molar-refractivity contribution in [2.75, 3.05) is 13.1 Å². The fraction of sp³-hybridized carbons (Fsp3) is 0.727. The second kappa shape index (κ2) is 5.81. The summed E-state index contributed by atoms with van der Waals surface area (Å²) in [7, 11) is 0. The summed E-state index contributed by atoms with van der Waals surface area (Å²) in [4.78, 5) is 13.6. The molecule has 1 amide bonds. The summed E-state index contributed by atoms with van der Waals surface area (Å²) < 4.78 is 0. The molecule has 0 radical (unpaired) electrons. The standard InChI is InChI=1S/C11H22N2O/c1-6-13(7-8(2)3)11(14)9(4)10(5)12/h9-10H,2,6-7,12H2,1,3-5H3. The van der Waals surface area contributed by atoms with Gasteiger partial charge in [-0.25, -0.2) is 0 Å². The van der Waals surface area contributed by atoms with Crippen LogP contribution in [0.25, 0.3) is 0 Å². The van der Waals surface area contributed by atoms with Crippen molar-refractivity contribution in [1.29, 1.82) is 0 Å². The maximum absolute atomic E-state index is 11.9. The van der Waals surface area contributed by atoms with Crippen molar-refractivity contribution in [2.24, 2.45) is 11.7 Å². The molecule has 82 valence electrons. The maximum atomic E-state index is 11.9. The fourth-order valence-corrected chi connectivity index (χ4v) is 1.18. The average Bonchev–Trinajstić information content (AvgIpc) is 2.11. The van der Waals surface area contributed by atoms with E-state index in [-0.39, 0.29) is 17.9 Å². The largest absolute Gasteiger partial charge is 0.339 e. The highest BCUT2D eigenvalue weighted by molar-refractivity contribution is 5.79. The molecule has 0 aliphatic heterocycles. The van der Waals surface area contributed by atoms with Gasteiger partial charge in [0.2, 0.25) is 5.91 Å². The Morgan fingerprint density at radius 3 is 2.29 bits per heavy atom. The second-order valence-electron chi connectivity index (χ2n) is 3.96. The van der Waals surface area contributed by atoms with Crippen LogP contribution in [0.5, 0.6) is 0 Å². The molecule has 0 spiro atoms. The van der Waals surface area contributed by atoms with Crippen molar-refractivity contribution in [3.63, 3.8) is 0 Å². The third-order valence-electron chi connectivity index (χ3n) is 2.33. The van der Waals surface area contributed by atoms with Crippen molar-refractivity contribution >= 4 is 5.91 Å². The van der Waals surface area contributed by atoms with Crippen LogP contribution in [0.15, 0.2) is 12.2 Å². The van der Waals surface area contributed by atoms with E-state index in [0.717, 1.165) is 5.57 Å². The highest BCUT2D eigenvalue weighted by Crippen LogP contribution is 2.07. The summed E-state index contributed by atoms with van der Waals surface area (Å²) in [5.41, 5.74) is 6.69. The monoisotopic (exact) mass is 198 g/mol. The first kappa shape index (κ1) is 13.2. The molecule has 0 aromatic heterocycles. The van der Waals surface area contributed by atoms with Crippen LogP contribution < -0.4 is 5.73 Å². The van der Waals surface area contributed by atoms with Gasteiger partial charge in [-0.15, -0.1) is 0 Å². The quantitative estimate of drug-likeness (QED) is 0.679. The zero-order valence-electron chi connectivity index (χ0n) is 9.71. The van der Waals surface area contributed by atoms with Crippen LogP contribution in [0, 0.1) is 5.92 Å². The van der Waals surface area contributed by atoms with Crippen LogP contribution in [0.4, 0.5) is 0 Å². The highest BCUT2D eigenvalue weighted by Gasteiger charge is 2.21. The molecule has 14 heavy (non-hydrogen) atoms. The first-order chi connectivity index (χ1) is 6.40. The zero-order valence-corrected chi connectivity index (χ0v) is 9.71. The van der Waals surface area contributed by atoms with E-state index in [4.69, 9.17) is 5.73 Å². The zero-order chi connectivity index (χ0) is 11.3. The Morgan fingerprint density at radius 2 is 2.00 bits per heavy atom. The van der Waals surface area contributed by atoms with E-state index in [9.17, 15) is 4.79 Å². The molecule has 0 saturated carbocycles. The van der Waals surface area contributed by atoms with Crippen LogP contribution in [0.1, 0.15) is 27.7 Å². The molecule has 2 unspecified atom stereocenters. The number of rotatable bonds is 5. The van der Waals surface area contributed by atoms with Crippen LogP contribution in [-0.2, 0) is 4.79 Å². The average molecular weight is 198 g/mol. The minimum absolute atomic E-state index is 0.0957. The third kappa shape index (κ3) is 3.92. The first-order valence-corrected chi connectivity index (χ1v) is 5.08. The van der Waals surface area contributed by atoms with E-state index in [1.165, 1.54) is 0 Å². The molecule has 0 fully saturated rings. The lowest BCUT2D eigenvalue weighted by Gasteiger charge is -2.26. The fourth-order valence-electron chi connectivity index (χ4n) is 1.18. The molecule has 0 aliphatic carbocycles. The van der Waals surface area contributed by atoms with E-state index < -0.39 is 0 Å². The van der Waals surface area contributed by atoms with Gasteiger partial charge in [-0.1, -0.05) is 19.1 Å². The summed E-state index contributed by atoms with van der Waals surface area (Å²) in [6.45, 7) is 12.8. The number of carbonyl (C=O) groups is 1. The van der Waals surface area contributed by atoms with Crippen LogP contribution in [0.2, 0.25) is 0 Å². The lowest BCUT2D eigenvalue weighted by molar-refractivity contribution is -0.134.